The van der Waals surface area contributed by atoms with E-state index in [2.05, 4.69) is 21.7 Å². The molecule has 0 bridgehead atoms. The molecule has 30 heavy (non-hydrogen) atoms. The zero-order valence-electron chi connectivity index (χ0n) is 18.7. The third-order valence-corrected chi connectivity index (χ3v) is 6.29. The highest BCUT2D eigenvalue weighted by molar-refractivity contribution is 14.0. The van der Waals surface area contributed by atoms with E-state index in [1.54, 1.807) is 28.1 Å². The topological polar surface area (TPSA) is 92.3 Å². The molecule has 10 heteroatoms. The minimum absolute atomic E-state index is 0. The SMILES string of the molecule is CCS(=O)(=O)N(C)CCCNC(=NC)NCc1ccc(C)cc1OCCCOC.I. The van der Waals surface area contributed by atoms with Crippen LogP contribution in [0, 0.1) is 6.92 Å². The highest BCUT2D eigenvalue weighted by atomic mass is 127. The second-order valence-electron chi connectivity index (χ2n) is 6.73. The van der Waals surface area contributed by atoms with Crippen LogP contribution in [0.5, 0.6) is 5.75 Å². The Morgan fingerprint density at radius 2 is 1.93 bits per heavy atom. The van der Waals surface area contributed by atoms with Gasteiger partial charge in [0.15, 0.2) is 5.96 Å². The monoisotopic (exact) mass is 556 g/mol. The summed E-state index contributed by atoms with van der Waals surface area (Å²) in [6.07, 6.45) is 1.53. The molecular formula is C20H37IN4O4S. The van der Waals surface area contributed by atoms with Crippen molar-refractivity contribution in [3.8, 4) is 5.75 Å². The number of halogens is 1. The van der Waals surface area contributed by atoms with Gasteiger partial charge in [-0.05, 0) is 31.9 Å². The summed E-state index contributed by atoms with van der Waals surface area (Å²) in [5.74, 6) is 1.64. The number of guanidine groups is 1. The first kappa shape index (κ1) is 28.9. The standard InChI is InChI=1S/C20H36N4O4S.HI/c1-6-29(25,26)24(4)12-7-11-22-20(21-3)23-16-18-10-9-17(2)15-19(18)28-14-8-13-27-5;/h9-10,15H,6-8,11-14,16H2,1-5H3,(H2,21,22,23);1H. The molecule has 174 valence electrons. The van der Waals surface area contributed by atoms with Crippen LogP contribution in [0.3, 0.4) is 0 Å². The van der Waals surface area contributed by atoms with Gasteiger partial charge in [0.2, 0.25) is 10.0 Å². The van der Waals surface area contributed by atoms with Crippen LogP contribution in [-0.4, -0.2) is 71.9 Å². The highest BCUT2D eigenvalue weighted by Crippen LogP contribution is 2.20. The van der Waals surface area contributed by atoms with E-state index in [-0.39, 0.29) is 29.7 Å². The number of rotatable bonds is 13. The van der Waals surface area contributed by atoms with Crippen LogP contribution in [0.4, 0.5) is 0 Å². The molecule has 0 radical (unpaired) electrons. The zero-order chi connectivity index (χ0) is 21.7. The lowest BCUT2D eigenvalue weighted by atomic mass is 10.1. The third kappa shape index (κ3) is 10.8. The number of hydrogen-bond donors (Lipinski definition) is 2. The van der Waals surface area contributed by atoms with Crippen molar-refractivity contribution in [2.45, 2.75) is 33.2 Å². The molecule has 8 nitrogen and oxygen atoms in total. The van der Waals surface area contributed by atoms with E-state index in [9.17, 15) is 8.42 Å². The van der Waals surface area contributed by atoms with Crippen LogP contribution in [0.2, 0.25) is 0 Å². The molecule has 1 aromatic carbocycles. The fraction of sp³-hybridized carbons (Fsp3) is 0.650. The first-order valence-corrected chi connectivity index (χ1v) is 11.5. The van der Waals surface area contributed by atoms with Gasteiger partial charge in [-0.25, -0.2) is 12.7 Å². The molecule has 0 aromatic heterocycles. The summed E-state index contributed by atoms with van der Waals surface area (Å²) in [6, 6.07) is 6.13. The lowest BCUT2D eigenvalue weighted by molar-refractivity contribution is 0.171. The van der Waals surface area contributed by atoms with E-state index >= 15 is 0 Å². The van der Waals surface area contributed by atoms with Crippen molar-refractivity contribution in [2.75, 3.05) is 53.3 Å². The average molecular weight is 557 g/mol. The quantitative estimate of drug-likeness (QED) is 0.168. The van der Waals surface area contributed by atoms with Gasteiger partial charge in [0.05, 0.1) is 12.4 Å². The summed E-state index contributed by atoms with van der Waals surface area (Å²) >= 11 is 0. The fourth-order valence-corrected chi connectivity index (χ4v) is 3.44. The maximum Gasteiger partial charge on any atom is 0.213 e. The van der Waals surface area contributed by atoms with Crippen LogP contribution in [0.25, 0.3) is 0 Å². The molecule has 0 aliphatic rings. The minimum Gasteiger partial charge on any atom is -0.493 e. The van der Waals surface area contributed by atoms with Gasteiger partial charge in [0.1, 0.15) is 5.75 Å². The molecule has 0 amide bonds. The number of aryl methyl sites for hydroxylation is 1. The molecule has 0 saturated heterocycles. The molecule has 0 aliphatic heterocycles. The third-order valence-electron chi connectivity index (χ3n) is 4.42. The van der Waals surface area contributed by atoms with Crippen molar-refractivity contribution in [2.24, 2.45) is 4.99 Å². The molecule has 0 fully saturated rings. The van der Waals surface area contributed by atoms with Gasteiger partial charge in [-0.15, -0.1) is 24.0 Å². The second-order valence-corrected chi connectivity index (χ2v) is 9.10. The Morgan fingerprint density at radius 3 is 2.57 bits per heavy atom. The molecule has 2 N–H and O–H groups in total. The Labute approximate surface area is 198 Å². The number of nitrogens with zero attached hydrogens (tertiary/aromatic N) is 2. The van der Waals surface area contributed by atoms with Crippen LogP contribution in [0.1, 0.15) is 30.9 Å². The Hall–Kier alpha value is -1.11. The number of nitrogens with one attached hydrogen (secondary N) is 2. The molecule has 0 spiro atoms. The average Bonchev–Trinajstić information content (AvgIpc) is 2.71. The molecule has 0 aliphatic carbocycles. The Bertz CT molecular complexity index is 744. The predicted molar refractivity (Wildman–Crippen MR) is 133 cm³/mol. The van der Waals surface area contributed by atoms with Gasteiger partial charge in [-0.1, -0.05) is 12.1 Å². The summed E-state index contributed by atoms with van der Waals surface area (Å²) in [5, 5.41) is 6.49. The summed E-state index contributed by atoms with van der Waals surface area (Å²) < 4.78 is 35.9. The first-order chi connectivity index (χ1) is 13.8. The number of sulfonamides is 1. The number of aliphatic imine (C=N–C) groups is 1. The van der Waals surface area contributed by atoms with Crippen molar-refractivity contribution in [3.63, 3.8) is 0 Å². The molecule has 0 heterocycles. The number of ether oxygens (including phenoxy) is 2. The summed E-state index contributed by atoms with van der Waals surface area (Å²) in [6.45, 7) is 6.63. The number of methoxy groups -OCH3 is 1. The molecule has 0 atom stereocenters. The Kier molecular flexibility index (Phi) is 15.1. The molecule has 0 unspecified atom stereocenters. The predicted octanol–water partition coefficient (Wildman–Crippen LogP) is 2.36. The summed E-state index contributed by atoms with van der Waals surface area (Å²) in [7, 11) is 1.87. The largest absolute Gasteiger partial charge is 0.493 e. The van der Waals surface area contributed by atoms with E-state index in [4.69, 9.17) is 9.47 Å². The van der Waals surface area contributed by atoms with Crippen LogP contribution >= 0.6 is 24.0 Å². The number of hydrogen-bond acceptors (Lipinski definition) is 5. The van der Waals surface area contributed by atoms with Gasteiger partial charge in [0, 0.05) is 59.4 Å². The van der Waals surface area contributed by atoms with E-state index < -0.39 is 10.0 Å². The highest BCUT2D eigenvalue weighted by Gasteiger charge is 2.14. The van der Waals surface area contributed by atoms with Gasteiger partial charge in [-0.3, -0.25) is 4.99 Å². The van der Waals surface area contributed by atoms with Gasteiger partial charge >= 0.3 is 0 Å². The van der Waals surface area contributed by atoms with Crippen molar-refractivity contribution in [1.29, 1.82) is 0 Å². The normalized spacial score (nSPS) is 11.9. The fourth-order valence-electron chi connectivity index (χ4n) is 2.60. The maximum atomic E-state index is 11.8. The van der Waals surface area contributed by atoms with Crippen molar-refractivity contribution in [1.82, 2.24) is 14.9 Å². The smallest absolute Gasteiger partial charge is 0.213 e. The van der Waals surface area contributed by atoms with E-state index in [0.717, 1.165) is 23.3 Å². The lowest BCUT2D eigenvalue weighted by Gasteiger charge is -2.17. The van der Waals surface area contributed by atoms with Crippen LogP contribution in [0.15, 0.2) is 23.2 Å². The maximum absolute atomic E-state index is 11.8. The lowest BCUT2D eigenvalue weighted by Crippen LogP contribution is -2.38. The molecule has 1 rings (SSSR count). The summed E-state index contributed by atoms with van der Waals surface area (Å²) in [5.41, 5.74) is 2.19. The van der Waals surface area contributed by atoms with Crippen LogP contribution in [-0.2, 0) is 21.3 Å². The Balaban J connectivity index is 0.00000841. The van der Waals surface area contributed by atoms with Gasteiger partial charge in [0.25, 0.3) is 0 Å². The Morgan fingerprint density at radius 1 is 1.20 bits per heavy atom. The molecule has 0 saturated carbocycles. The van der Waals surface area contributed by atoms with Crippen molar-refractivity contribution < 1.29 is 17.9 Å². The number of benzene rings is 1. The first-order valence-electron chi connectivity index (χ1n) is 9.93. The van der Waals surface area contributed by atoms with Gasteiger partial charge in [-0.2, -0.15) is 0 Å². The zero-order valence-corrected chi connectivity index (χ0v) is 21.9. The van der Waals surface area contributed by atoms with Crippen molar-refractivity contribution >= 4 is 40.0 Å². The molecular weight excluding hydrogens is 519 g/mol. The molecule has 1 aromatic rings. The van der Waals surface area contributed by atoms with Crippen LogP contribution < -0.4 is 15.4 Å². The minimum atomic E-state index is -3.13. The van der Waals surface area contributed by atoms with Gasteiger partial charge < -0.3 is 20.1 Å². The summed E-state index contributed by atoms with van der Waals surface area (Å²) in [4.78, 5) is 4.22. The van der Waals surface area contributed by atoms with E-state index in [1.807, 2.05) is 19.1 Å². The second kappa shape index (κ2) is 15.7. The van der Waals surface area contributed by atoms with Crippen molar-refractivity contribution in [3.05, 3.63) is 29.3 Å². The van der Waals surface area contributed by atoms with E-state index in [1.165, 1.54) is 4.31 Å². The van der Waals surface area contributed by atoms with E-state index in [0.29, 0.717) is 45.2 Å².